The Morgan fingerprint density at radius 3 is 2.71 bits per heavy atom. The van der Waals surface area contributed by atoms with Crippen LogP contribution in [-0.2, 0) is 0 Å². The molecule has 1 aromatic carbocycles. The topological polar surface area (TPSA) is 98.9 Å². The second-order valence-corrected chi connectivity index (χ2v) is 5.07. The first kappa shape index (κ1) is 17.2. The Labute approximate surface area is 139 Å². The van der Waals surface area contributed by atoms with Crippen molar-refractivity contribution in [3.8, 4) is 11.5 Å². The van der Waals surface area contributed by atoms with Crippen molar-refractivity contribution in [3.05, 3.63) is 52.2 Å². The molecular formula is C16H18N4O4. The largest absolute Gasteiger partial charge is 0.493 e. The molecule has 1 aromatic heterocycles. The number of hydrazone groups is 1. The Morgan fingerprint density at radius 2 is 2.12 bits per heavy atom. The van der Waals surface area contributed by atoms with E-state index < -0.39 is 4.92 Å². The van der Waals surface area contributed by atoms with E-state index in [0.29, 0.717) is 17.3 Å². The third-order valence-electron chi connectivity index (χ3n) is 2.92. The highest BCUT2D eigenvalue weighted by Crippen LogP contribution is 2.31. The minimum atomic E-state index is -0.508. The lowest BCUT2D eigenvalue weighted by atomic mass is 10.2. The zero-order valence-corrected chi connectivity index (χ0v) is 13.6. The quantitative estimate of drug-likeness (QED) is 0.475. The van der Waals surface area contributed by atoms with Crippen LogP contribution in [0.3, 0.4) is 0 Å². The highest BCUT2D eigenvalue weighted by Gasteiger charge is 2.11. The lowest BCUT2D eigenvalue weighted by molar-refractivity contribution is -0.385. The van der Waals surface area contributed by atoms with Crippen molar-refractivity contribution in [2.24, 2.45) is 5.10 Å². The summed E-state index contributed by atoms with van der Waals surface area (Å²) in [5, 5.41) is 14.7. The molecule has 0 radical (unpaired) electrons. The fourth-order valence-electron chi connectivity index (χ4n) is 1.89. The number of aromatic nitrogens is 1. The molecule has 0 unspecified atom stereocenters. The van der Waals surface area contributed by atoms with Gasteiger partial charge < -0.3 is 9.47 Å². The molecule has 24 heavy (non-hydrogen) atoms. The van der Waals surface area contributed by atoms with E-state index in [-0.39, 0.29) is 11.8 Å². The molecule has 0 aliphatic heterocycles. The molecule has 0 saturated carbocycles. The number of pyridine rings is 1. The lowest BCUT2D eigenvalue weighted by Gasteiger charge is -2.15. The van der Waals surface area contributed by atoms with Crippen LogP contribution in [0.2, 0.25) is 0 Å². The highest BCUT2D eigenvalue weighted by molar-refractivity contribution is 5.85. The molecule has 1 N–H and O–H groups in total. The number of para-hydroxylation sites is 1. The predicted octanol–water partition coefficient (Wildman–Crippen LogP) is 3.23. The SMILES string of the molecule is COc1cccc(C=NNc2ccc([N+](=O)[O-])cn2)c1OC(C)C. The standard InChI is InChI=1S/C16H18N4O4/c1-11(2)24-16-12(5-4-6-14(16)23-3)9-18-19-15-8-7-13(10-17-15)20(21)22/h4-11H,1-3H3,(H,17,19). The van der Waals surface area contributed by atoms with Gasteiger partial charge in [0, 0.05) is 11.6 Å². The maximum Gasteiger partial charge on any atom is 0.287 e. The summed E-state index contributed by atoms with van der Waals surface area (Å²) in [5.74, 6) is 1.60. The van der Waals surface area contributed by atoms with Gasteiger partial charge in [0.1, 0.15) is 12.0 Å². The van der Waals surface area contributed by atoms with Gasteiger partial charge in [0.25, 0.3) is 5.69 Å². The number of rotatable bonds is 7. The van der Waals surface area contributed by atoms with Crippen LogP contribution in [0.4, 0.5) is 11.5 Å². The Kier molecular flexibility index (Phi) is 5.67. The van der Waals surface area contributed by atoms with Crippen molar-refractivity contribution in [1.29, 1.82) is 0 Å². The van der Waals surface area contributed by atoms with Gasteiger partial charge >= 0.3 is 0 Å². The van der Waals surface area contributed by atoms with Crippen molar-refractivity contribution in [3.63, 3.8) is 0 Å². The normalized spacial score (nSPS) is 10.8. The van der Waals surface area contributed by atoms with Crippen molar-refractivity contribution in [2.45, 2.75) is 20.0 Å². The molecule has 0 atom stereocenters. The summed E-state index contributed by atoms with van der Waals surface area (Å²) in [7, 11) is 1.57. The summed E-state index contributed by atoms with van der Waals surface area (Å²) in [6.45, 7) is 3.85. The molecule has 0 saturated heterocycles. The highest BCUT2D eigenvalue weighted by atomic mass is 16.6. The van der Waals surface area contributed by atoms with Crippen LogP contribution in [0.1, 0.15) is 19.4 Å². The molecule has 2 rings (SSSR count). The number of nitro groups is 1. The number of anilines is 1. The number of ether oxygens (including phenoxy) is 2. The van der Waals surface area contributed by atoms with Gasteiger partial charge in [-0.25, -0.2) is 4.98 Å². The minimum absolute atomic E-state index is 0.0160. The van der Waals surface area contributed by atoms with Crippen molar-refractivity contribution in [2.75, 3.05) is 12.5 Å². The summed E-state index contributed by atoms with van der Waals surface area (Å²) in [6.07, 6.45) is 2.72. The molecule has 126 valence electrons. The maximum absolute atomic E-state index is 10.6. The van der Waals surface area contributed by atoms with E-state index in [9.17, 15) is 10.1 Å². The van der Waals surface area contributed by atoms with E-state index in [1.54, 1.807) is 19.4 Å². The van der Waals surface area contributed by atoms with Crippen LogP contribution in [0.25, 0.3) is 0 Å². The number of benzene rings is 1. The van der Waals surface area contributed by atoms with Gasteiger partial charge in [0.05, 0.1) is 24.4 Å². The van der Waals surface area contributed by atoms with Crippen molar-refractivity contribution in [1.82, 2.24) is 4.98 Å². The fourth-order valence-corrected chi connectivity index (χ4v) is 1.89. The van der Waals surface area contributed by atoms with Gasteiger partial charge in [0.15, 0.2) is 11.5 Å². The summed E-state index contributed by atoms with van der Waals surface area (Å²) in [6, 6.07) is 8.31. The van der Waals surface area contributed by atoms with E-state index in [1.165, 1.54) is 12.1 Å². The third-order valence-corrected chi connectivity index (χ3v) is 2.92. The molecule has 8 nitrogen and oxygen atoms in total. The Bertz CT molecular complexity index is 729. The van der Waals surface area contributed by atoms with Crippen LogP contribution in [0.5, 0.6) is 11.5 Å². The van der Waals surface area contributed by atoms with E-state index in [4.69, 9.17) is 9.47 Å². The second-order valence-electron chi connectivity index (χ2n) is 5.07. The molecule has 0 bridgehead atoms. The van der Waals surface area contributed by atoms with Crippen molar-refractivity contribution >= 4 is 17.7 Å². The summed E-state index contributed by atoms with van der Waals surface area (Å²) in [4.78, 5) is 14.0. The van der Waals surface area contributed by atoms with E-state index >= 15 is 0 Å². The van der Waals surface area contributed by atoms with Gasteiger partial charge in [-0.3, -0.25) is 15.5 Å². The molecule has 8 heteroatoms. The Hall–Kier alpha value is -3.16. The first-order valence-electron chi connectivity index (χ1n) is 7.24. The molecule has 0 spiro atoms. The van der Waals surface area contributed by atoms with Crippen LogP contribution in [0, 0.1) is 10.1 Å². The first-order valence-corrected chi connectivity index (χ1v) is 7.24. The molecule has 1 heterocycles. The molecular weight excluding hydrogens is 312 g/mol. The number of hydrogen-bond donors (Lipinski definition) is 1. The molecule has 0 aliphatic rings. The number of nitrogens with one attached hydrogen (secondary N) is 1. The van der Waals surface area contributed by atoms with Gasteiger partial charge in [-0.2, -0.15) is 5.10 Å². The summed E-state index contributed by atoms with van der Waals surface area (Å²) in [5.41, 5.74) is 3.37. The maximum atomic E-state index is 10.6. The minimum Gasteiger partial charge on any atom is -0.493 e. The molecule has 2 aromatic rings. The Balaban J connectivity index is 2.15. The van der Waals surface area contributed by atoms with Crippen molar-refractivity contribution < 1.29 is 14.4 Å². The summed E-state index contributed by atoms with van der Waals surface area (Å²) < 4.78 is 11.1. The zero-order valence-electron chi connectivity index (χ0n) is 13.6. The average molecular weight is 330 g/mol. The predicted molar refractivity (Wildman–Crippen MR) is 90.9 cm³/mol. The van der Waals surface area contributed by atoms with Crippen LogP contribution in [0.15, 0.2) is 41.6 Å². The van der Waals surface area contributed by atoms with Gasteiger partial charge in [-0.1, -0.05) is 6.07 Å². The van der Waals surface area contributed by atoms with Gasteiger partial charge in [-0.15, -0.1) is 0 Å². The van der Waals surface area contributed by atoms with Crippen LogP contribution in [-0.4, -0.2) is 29.3 Å². The van der Waals surface area contributed by atoms with E-state index in [2.05, 4.69) is 15.5 Å². The molecule has 0 amide bonds. The third kappa shape index (κ3) is 4.42. The molecule has 0 aliphatic carbocycles. The van der Waals surface area contributed by atoms with Crippen LogP contribution < -0.4 is 14.9 Å². The van der Waals surface area contributed by atoms with Gasteiger partial charge in [-0.05, 0) is 32.0 Å². The summed E-state index contributed by atoms with van der Waals surface area (Å²) >= 11 is 0. The lowest BCUT2D eigenvalue weighted by Crippen LogP contribution is -2.09. The van der Waals surface area contributed by atoms with Gasteiger partial charge in [0.2, 0.25) is 0 Å². The number of nitrogens with zero attached hydrogens (tertiary/aromatic N) is 3. The van der Waals surface area contributed by atoms with E-state index in [0.717, 1.165) is 11.8 Å². The average Bonchev–Trinajstić information content (AvgIpc) is 2.56. The second kappa shape index (κ2) is 7.91. The number of hydrogen-bond acceptors (Lipinski definition) is 7. The zero-order chi connectivity index (χ0) is 17.5. The Morgan fingerprint density at radius 1 is 1.33 bits per heavy atom. The fraction of sp³-hybridized carbons (Fsp3) is 0.250. The molecule has 0 fully saturated rings. The van der Waals surface area contributed by atoms with E-state index in [1.807, 2.05) is 26.0 Å². The monoisotopic (exact) mass is 330 g/mol. The first-order chi connectivity index (χ1) is 11.5. The smallest absolute Gasteiger partial charge is 0.287 e. The van der Waals surface area contributed by atoms with Crippen LogP contribution >= 0.6 is 0 Å². The number of methoxy groups -OCH3 is 1.